The van der Waals surface area contributed by atoms with Crippen LogP contribution in [0.1, 0.15) is 28.4 Å². The van der Waals surface area contributed by atoms with Crippen molar-refractivity contribution >= 4 is 17.3 Å². The second-order valence-electron chi connectivity index (χ2n) is 6.11. The van der Waals surface area contributed by atoms with Gasteiger partial charge in [-0.2, -0.15) is 0 Å². The summed E-state index contributed by atoms with van der Waals surface area (Å²) in [5, 5.41) is 11.8. The first kappa shape index (κ1) is 21.2. The maximum Gasteiger partial charge on any atom is 0.342 e. The Morgan fingerprint density at radius 1 is 1.25 bits per heavy atom. The van der Waals surface area contributed by atoms with Crippen LogP contribution >= 0.6 is 0 Å². The minimum atomic E-state index is -0.675. The van der Waals surface area contributed by atoms with Crippen LogP contribution in [0.3, 0.4) is 0 Å². The molecule has 0 aromatic heterocycles. The van der Waals surface area contributed by atoms with E-state index in [1.165, 1.54) is 20.1 Å². The molecule has 0 aliphatic heterocycles. The molecule has 2 rings (SSSR count). The second-order valence-corrected chi connectivity index (χ2v) is 6.11. The molecule has 0 saturated carbocycles. The number of ether oxygens (including phenoxy) is 3. The summed E-state index contributed by atoms with van der Waals surface area (Å²) >= 11 is 0. The van der Waals surface area contributed by atoms with Crippen LogP contribution in [0.15, 0.2) is 36.4 Å². The van der Waals surface area contributed by atoms with E-state index in [9.17, 15) is 14.9 Å². The Kier molecular flexibility index (Phi) is 7.34. The Morgan fingerprint density at radius 3 is 2.50 bits per heavy atom. The van der Waals surface area contributed by atoms with Crippen LogP contribution in [-0.2, 0) is 16.0 Å². The van der Waals surface area contributed by atoms with Crippen molar-refractivity contribution in [3.63, 3.8) is 0 Å². The molecule has 28 heavy (non-hydrogen) atoms. The molecule has 0 heterocycles. The summed E-state index contributed by atoms with van der Waals surface area (Å²) < 4.78 is 15.5. The number of hydrogen-bond acceptors (Lipinski definition) is 7. The van der Waals surface area contributed by atoms with Crippen LogP contribution in [0.2, 0.25) is 0 Å². The Balaban J connectivity index is 2.58. The van der Waals surface area contributed by atoms with Crippen molar-refractivity contribution in [1.29, 1.82) is 0 Å². The molecule has 0 aliphatic rings. The molecular formula is C20H24N2O6. The van der Waals surface area contributed by atoms with E-state index < -0.39 is 10.9 Å². The lowest BCUT2D eigenvalue weighted by Gasteiger charge is -2.22. The van der Waals surface area contributed by atoms with Crippen molar-refractivity contribution in [3.05, 3.63) is 63.2 Å². The van der Waals surface area contributed by atoms with Crippen LogP contribution in [0, 0.1) is 17.0 Å². The van der Waals surface area contributed by atoms with Gasteiger partial charge in [-0.05, 0) is 19.4 Å². The molecule has 0 spiro atoms. The molecule has 2 aromatic rings. The maximum absolute atomic E-state index is 12.4. The summed E-state index contributed by atoms with van der Waals surface area (Å²) in [6, 6.07) is 11.1. The fourth-order valence-electron chi connectivity index (χ4n) is 2.92. The molecule has 0 saturated heterocycles. The number of esters is 1. The predicted octanol–water partition coefficient (Wildman–Crippen LogP) is 3.70. The fraction of sp³-hybridized carbons (Fsp3) is 0.350. The highest BCUT2D eigenvalue weighted by Gasteiger charge is 2.30. The Morgan fingerprint density at radius 2 is 1.93 bits per heavy atom. The Bertz CT molecular complexity index is 838. The summed E-state index contributed by atoms with van der Waals surface area (Å²) in [4.78, 5) is 25.5. The number of hydrogen-bond donors (Lipinski definition) is 0. The van der Waals surface area contributed by atoms with Gasteiger partial charge in [-0.3, -0.25) is 10.1 Å². The van der Waals surface area contributed by atoms with Gasteiger partial charge in [0, 0.05) is 32.3 Å². The second kappa shape index (κ2) is 9.70. The number of nitrogens with zero attached hydrogens (tertiary/aromatic N) is 2. The number of anilines is 1. The van der Waals surface area contributed by atoms with Crippen molar-refractivity contribution in [2.45, 2.75) is 20.4 Å². The van der Waals surface area contributed by atoms with Gasteiger partial charge in [0.15, 0.2) is 6.79 Å². The first-order chi connectivity index (χ1) is 13.4. The third-order valence-corrected chi connectivity index (χ3v) is 4.16. The molecule has 150 valence electrons. The van der Waals surface area contributed by atoms with Gasteiger partial charge in [-0.1, -0.05) is 30.3 Å². The smallest absolute Gasteiger partial charge is 0.342 e. The fourth-order valence-corrected chi connectivity index (χ4v) is 2.92. The van der Waals surface area contributed by atoms with E-state index in [0.717, 1.165) is 5.56 Å². The SMILES string of the molecule is CCOC(=O)c1c(OCOC)cc(N(C)Cc2ccccc2)c([N+](=O)[O-])c1C. The zero-order chi connectivity index (χ0) is 20.7. The van der Waals surface area contributed by atoms with Gasteiger partial charge in [0.25, 0.3) is 5.69 Å². The first-order valence-corrected chi connectivity index (χ1v) is 8.76. The number of benzene rings is 2. The number of carbonyl (C=O) groups is 1. The van der Waals surface area contributed by atoms with E-state index in [0.29, 0.717) is 12.2 Å². The summed E-state index contributed by atoms with van der Waals surface area (Å²) in [5.41, 5.74) is 1.39. The molecule has 0 radical (unpaired) electrons. The molecule has 8 nitrogen and oxygen atoms in total. The largest absolute Gasteiger partial charge is 0.467 e. The lowest BCUT2D eigenvalue weighted by molar-refractivity contribution is -0.384. The normalized spacial score (nSPS) is 10.4. The van der Waals surface area contributed by atoms with Gasteiger partial charge in [-0.15, -0.1) is 0 Å². The monoisotopic (exact) mass is 388 g/mol. The van der Waals surface area contributed by atoms with Crippen molar-refractivity contribution in [3.8, 4) is 5.75 Å². The molecule has 0 bridgehead atoms. The van der Waals surface area contributed by atoms with Crippen molar-refractivity contribution in [2.24, 2.45) is 0 Å². The maximum atomic E-state index is 12.4. The average molecular weight is 388 g/mol. The summed E-state index contributed by atoms with van der Waals surface area (Å²) in [5.74, 6) is -0.496. The number of carbonyl (C=O) groups excluding carboxylic acids is 1. The molecule has 0 aliphatic carbocycles. The van der Waals surface area contributed by atoms with E-state index in [1.54, 1.807) is 18.9 Å². The third kappa shape index (κ3) is 4.77. The minimum Gasteiger partial charge on any atom is -0.467 e. The minimum absolute atomic E-state index is 0.0301. The molecular weight excluding hydrogens is 364 g/mol. The van der Waals surface area contributed by atoms with Crippen LogP contribution in [0.25, 0.3) is 0 Å². The van der Waals surface area contributed by atoms with Crippen LogP contribution in [0.5, 0.6) is 5.75 Å². The lowest BCUT2D eigenvalue weighted by Crippen LogP contribution is -2.20. The quantitative estimate of drug-likeness (QED) is 0.280. The van der Waals surface area contributed by atoms with Crippen molar-refractivity contribution in [2.75, 3.05) is 32.5 Å². The van der Waals surface area contributed by atoms with Crippen LogP contribution in [0.4, 0.5) is 11.4 Å². The summed E-state index contributed by atoms with van der Waals surface area (Å²) in [6.45, 7) is 3.67. The highest BCUT2D eigenvalue weighted by Crippen LogP contribution is 2.40. The molecule has 2 aromatic carbocycles. The van der Waals surface area contributed by atoms with E-state index in [4.69, 9.17) is 14.2 Å². The molecule has 0 atom stereocenters. The van der Waals surface area contributed by atoms with Gasteiger partial charge in [0.05, 0.1) is 11.5 Å². The van der Waals surface area contributed by atoms with Gasteiger partial charge in [0.2, 0.25) is 0 Å². The lowest BCUT2D eigenvalue weighted by atomic mass is 10.0. The zero-order valence-electron chi connectivity index (χ0n) is 16.4. The van der Waals surface area contributed by atoms with E-state index in [-0.39, 0.29) is 36.0 Å². The van der Waals surface area contributed by atoms with E-state index >= 15 is 0 Å². The third-order valence-electron chi connectivity index (χ3n) is 4.16. The average Bonchev–Trinajstić information content (AvgIpc) is 2.66. The summed E-state index contributed by atoms with van der Waals surface area (Å²) in [7, 11) is 3.20. The van der Waals surface area contributed by atoms with Gasteiger partial charge < -0.3 is 19.1 Å². The number of nitro benzene ring substituents is 1. The van der Waals surface area contributed by atoms with E-state index in [2.05, 4.69) is 0 Å². The number of methoxy groups -OCH3 is 1. The first-order valence-electron chi connectivity index (χ1n) is 8.76. The van der Waals surface area contributed by atoms with Gasteiger partial charge in [0.1, 0.15) is 17.0 Å². The molecule has 0 fully saturated rings. The Labute approximate surface area is 163 Å². The van der Waals surface area contributed by atoms with Gasteiger partial charge >= 0.3 is 5.97 Å². The Hall–Kier alpha value is -3.13. The highest BCUT2D eigenvalue weighted by atomic mass is 16.7. The van der Waals surface area contributed by atoms with Crippen LogP contribution in [-0.4, -0.2) is 38.4 Å². The highest BCUT2D eigenvalue weighted by molar-refractivity contribution is 5.97. The van der Waals surface area contributed by atoms with Crippen molar-refractivity contribution < 1.29 is 23.9 Å². The molecule has 0 amide bonds. The predicted molar refractivity (Wildman–Crippen MR) is 105 cm³/mol. The zero-order valence-corrected chi connectivity index (χ0v) is 16.4. The van der Waals surface area contributed by atoms with Crippen molar-refractivity contribution in [1.82, 2.24) is 0 Å². The standard InChI is InChI=1S/C20H24N2O6/c1-5-27-20(23)18-14(2)19(22(24)25)16(11-17(18)28-13-26-4)21(3)12-15-9-7-6-8-10-15/h6-11H,5,12-13H2,1-4H3. The molecule has 0 unspecified atom stereocenters. The molecule has 8 heteroatoms. The number of nitro groups is 1. The van der Waals surface area contributed by atoms with Gasteiger partial charge in [-0.25, -0.2) is 4.79 Å². The van der Waals surface area contributed by atoms with E-state index in [1.807, 2.05) is 30.3 Å². The molecule has 0 N–H and O–H groups in total. The number of rotatable bonds is 9. The summed E-state index contributed by atoms with van der Waals surface area (Å²) in [6.07, 6.45) is 0. The van der Waals surface area contributed by atoms with Crippen LogP contribution < -0.4 is 9.64 Å². The topological polar surface area (TPSA) is 91.1 Å².